The third-order valence-electron chi connectivity index (χ3n) is 11.5. The highest BCUT2D eigenvalue weighted by Crippen LogP contribution is 2.62. The zero-order chi connectivity index (χ0) is 36.3. The van der Waals surface area contributed by atoms with E-state index in [1.807, 2.05) is 10.7 Å². The normalized spacial score (nSPS) is 12.9. The Kier molecular flexibility index (Phi) is 7.08. The minimum absolute atomic E-state index is 0.436. The molecule has 0 saturated carbocycles. The lowest BCUT2D eigenvalue weighted by atomic mass is 9.70. The van der Waals surface area contributed by atoms with Gasteiger partial charge in [-0.2, -0.15) is 0 Å². The second kappa shape index (κ2) is 12.4. The summed E-state index contributed by atoms with van der Waals surface area (Å²) in [6, 6.07) is 71.9. The van der Waals surface area contributed by atoms with Crippen LogP contribution < -0.4 is 4.68 Å². The van der Waals surface area contributed by atoms with E-state index in [-0.39, 0.29) is 0 Å². The molecular formula is C52H34N3+. The van der Waals surface area contributed by atoms with Gasteiger partial charge in [0.25, 0.3) is 0 Å². The molecule has 0 unspecified atom stereocenters. The summed E-state index contributed by atoms with van der Waals surface area (Å²) in [5.74, 6) is 0.666. The van der Waals surface area contributed by atoms with Gasteiger partial charge in [0.1, 0.15) is 5.69 Å². The monoisotopic (exact) mass is 700 g/mol. The average Bonchev–Trinajstić information content (AvgIpc) is 3.74. The molecule has 256 valence electrons. The highest BCUT2D eigenvalue weighted by Gasteiger charge is 2.51. The first-order valence-corrected chi connectivity index (χ1v) is 18.8. The predicted molar refractivity (Wildman–Crippen MR) is 222 cm³/mol. The van der Waals surface area contributed by atoms with Crippen molar-refractivity contribution in [3.05, 3.63) is 229 Å². The number of fused-ring (bicyclic) bond motifs is 10. The van der Waals surface area contributed by atoms with Gasteiger partial charge in [0.15, 0.2) is 0 Å². The molecule has 2 aliphatic carbocycles. The number of hydrogen-bond acceptors (Lipinski definition) is 2. The molecule has 0 atom stereocenters. The van der Waals surface area contributed by atoms with Gasteiger partial charge in [0.2, 0.25) is 17.7 Å². The molecule has 55 heavy (non-hydrogen) atoms. The number of rotatable bonds is 5. The Hall–Kier alpha value is -7.23. The van der Waals surface area contributed by atoms with Crippen molar-refractivity contribution in [2.45, 2.75) is 5.41 Å². The van der Waals surface area contributed by atoms with Gasteiger partial charge in [0.05, 0.1) is 5.41 Å². The van der Waals surface area contributed by atoms with Crippen molar-refractivity contribution >= 4 is 0 Å². The molecule has 2 aliphatic rings. The summed E-state index contributed by atoms with van der Waals surface area (Å²) >= 11 is 0. The molecule has 0 radical (unpaired) electrons. The molecule has 1 spiro atoms. The number of aromatic nitrogens is 3. The smallest absolute Gasteiger partial charge is 0.216 e. The van der Waals surface area contributed by atoms with Crippen LogP contribution in [-0.4, -0.2) is 10.1 Å². The number of hydrogen-bond donors (Lipinski definition) is 0. The molecule has 0 saturated heterocycles. The predicted octanol–water partition coefficient (Wildman–Crippen LogP) is 11.8. The molecular weight excluding hydrogens is 667 g/mol. The Morgan fingerprint density at radius 2 is 0.764 bits per heavy atom. The topological polar surface area (TPSA) is 29.7 Å². The van der Waals surface area contributed by atoms with Crippen LogP contribution in [0.25, 0.3) is 72.8 Å². The van der Waals surface area contributed by atoms with E-state index in [2.05, 4.69) is 200 Å². The maximum Gasteiger partial charge on any atom is 0.238 e. The zero-order valence-electron chi connectivity index (χ0n) is 30.0. The molecule has 11 rings (SSSR count). The minimum atomic E-state index is -0.436. The van der Waals surface area contributed by atoms with Crippen molar-refractivity contribution in [1.29, 1.82) is 0 Å². The van der Waals surface area contributed by atoms with Gasteiger partial charge in [-0.1, -0.05) is 182 Å². The summed E-state index contributed by atoms with van der Waals surface area (Å²) in [7, 11) is 0. The van der Waals surface area contributed by atoms with Gasteiger partial charge in [-0.15, -0.1) is 0 Å². The molecule has 9 aromatic rings. The number of nitrogens with zero attached hydrogens (tertiary/aromatic N) is 3. The largest absolute Gasteiger partial charge is 0.238 e. The van der Waals surface area contributed by atoms with Crippen LogP contribution in [0.2, 0.25) is 0 Å². The second-order valence-corrected chi connectivity index (χ2v) is 14.4. The SMILES string of the molecule is c1ccc(-c2ccc(-c3c[n+](-c4ccc5c(c4)C4(c6ccccc6-c6ccccc64)c4ccccc4-5)nc(-c4ccc(-c5ccccc5)cc4)n3)cc2)cc1. The summed E-state index contributed by atoms with van der Waals surface area (Å²) in [5.41, 5.74) is 18.5. The molecule has 0 bridgehead atoms. The van der Waals surface area contributed by atoms with Gasteiger partial charge in [-0.05, 0) is 77.5 Å². The van der Waals surface area contributed by atoms with E-state index < -0.39 is 5.41 Å². The molecule has 0 fully saturated rings. The first-order valence-electron chi connectivity index (χ1n) is 18.8. The molecule has 1 aromatic heterocycles. The summed E-state index contributed by atoms with van der Waals surface area (Å²) in [4.78, 5) is 5.21. The molecule has 0 N–H and O–H groups in total. The fourth-order valence-electron chi connectivity index (χ4n) is 8.94. The van der Waals surface area contributed by atoms with Gasteiger partial charge in [-0.25, -0.2) is 4.98 Å². The van der Waals surface area contributed by atoms with E-state index in [1.54, 1.807) is 0 Å². The lowest BCUT2D eigenvalue weighted by Gasteiger charge is -2.30. The van der Waals surface area contributed by atoms with Crippen LogP contribution in [0.1, 0.15) is 22.3 Å². The van der Waals surface area contributed by atoms with E-state index in [1.165, 1.54) is 61.2 Å². The van der Waals surface area contributed by atoms with Crippen molar-refractivity contribution < 1.29 is 4.68 Å². The highest BCUT2D eigenvalue weighted by molar-refractivity contribution is 5.95. The van der Waals surface area contributed by atoms with E-state index in [9.17, 15) is 0 Å². The molecule has 0 amide bonds. The highest BCUT2D eigenvalue weighted by atomic mass is 15.3. The molecule has 1 heterocycles. The van der Waals surface area contributed by atoms with Crippen LogP contribution in [0.5, 0.6) is 0 Å². The Bertz CT molecular complexity index is 2730. The summed E-state index contributed by atoms with van der Waals surface area (Å²) < 4.78 is 2.03. The van der Waals surface area contributed by atoms with Gasteiger partial charge < -0.3 is 0 Å². The third kappa shape index (κ3) is 4.87. The van der Waals surface area contributed by atoms with Crippen LogP contribution in [0.15, 0.2) is 206 Å². The van der Waals surface area contributed by atoms with Crippen molar-refractivity contribution in [2.75, 3.05) is 0 Å². The Balaban J connectivity index is 1.10. The third-order valence-corrected chi connectivity index (χ3v) is 11.5. The average molecular weight is 701 g/mol. The summed E-state index contributed by atoms with van der Waals surface area (Å²) in [6.45, 7) is 0. The maximum absolute atomic E-state index is 5.25. The van der Waals surface area contributed by atoms with Crippen molar-refractivity contribution in [1.82, 2.24) is 10.1 Å². The van der Waals surface area contributed by atoms with Gasteiger partial charge >= 0.3 is 0 Å². The maximum atomic E-state index is 5.25. The van der Waals surface area contributed by atoms with Gasteiger partial charge in [0, 0.05) is 28.4 Å². The first kappa shape index (κ1) is 31.3. The van der Waals surface area contributed by atoms with E-state index in [0.29, 0.717) is 5.82 Å². The number of benzene rings is 8. The van der Waals surface area contributed by atoms with Gasteiger partial charge in [-0.3, -0.25) is 0 Å². The molecule has 3 heteroatoms. The molecule has 8 aromatic carbocycles. The van der Waals surface area contributed by atoms with Crippen molar-refractivity contribution in [3.63, 3.8) is 0 Å². The summed E-state index contributed by atoms with van der Waals surface area (Å²) in [5, 5.41) is 5.25. The van der Waals surface area contributed by atoms with Crippen LogP contribution in [-0.2, 0) is 5.41 Å². The second-order valence-electron chi connectivity index (χ2n) is 14.4. The Morgan fingerprint density at radius 3 is 1.29 bits per heavy atom. The molecule has 0 aliphatic heterocycles. The van der Waals surface area contributed by atoms with E-state index in [4.69, 9.17) is 10.1 Å². The van der Waals surface area contributed by atoms with Crippen LogP contribution in [0, 0.1) is 0 Å². The van der Waals surface area contributed by atoms with E-state index in [0.717, 1.165) is 28.1 Å². The zero-order valence-corrected chi connectivity index (χ0v) is 30.0. The lowest BCUT2D eigenvalue weighted by molar-refractivity contribution is -0.659. The standard InChI is InChI=1S/C52H34N3/c1-3-13-35(14-4-1)37-23-27-39(28-24-37)50-34-55(54-51(53-50)40-29-25-38(26-30-40)36-15-5-2-6-16-36)41-31-32-45-44-19-9-12-22-48(44)52(49(45)33-41)46-20-10-7-17-42(46)43-18-8-11-21-47(43)52/h1-34H/q+1. The Labute approximate surface area is 320 Å². The van der Waals surface area contributed by atoms with E-state index >= 15 is 0 Å². The van der Waals surface area contributed by atoms with Crippen LogP contribution >= 0.6 is 0 Å². The summed E-state index contributed by atoms with van der Waals surface area (Å²) in [6.07, 6.45) is 2.08. The quantitative estimate of drug-likeness (QED) is 0.167. The Morgan fingerprint density at radius 1 is 0.345 bits per heavy atom. The molecule has 3 nitrogen and oxygen atoms in total. The fraction of sp³-hybridized carbons (Fsp3) is 0.0192. The first-order chi connectivity index (χ1) is 27.3. The van der Waals surface area contributed by atoms with Crippen molar-refractivity contribution in [2.24, 2.45) is 0 Å². The van der Waals surface area contributed by atoms with Crippen molar-refractivity contribution in [3.8, 4) is 72.8 Å². The van der Waals surface area contributed by atoms with Crippen LogP contribution in [0.4, 0.5) is 0 Å². The lowest BCUT2D eigenvalue weighted by Crippen LogP contribution is -2.37. The fourth-order valence-corrected chi connectivity index (χ4v) is 8.94. The van der Waals surface area contributed by atoms with Crippen LogP contribution in [0.3, 0.4) is 0 Å². The minimum Gasteiger partial charge on any atom is -0.216 e.